The summed E-state index contributed by atoms with van der Waals surface area (Å²) in [5, 5.41) is 9.79. The minimum absolute atomic E-state index is 0.388. The molecule has 0 aliphatic heterocycles. The lowest BCUT2D eigenvalue weighted by atomic mass is 10.0. The van der Waals surface area contributed by atoms with Gasteiger partial charge in [0.15, 0.2) is 0 Å². The molecule has 0 aliphatic carbocycles. The van der Waals surface area contributed by atoms with E-state index in [0.29, 0.717) is 17.0 Å². The number of carbonyl (C=O) groups is 1. The van der Waals surface area contributed by atoms with Crippen LogP contribution in [0.4, 0.5) is 5.69 Å². The molecule has 1 aromatic carbocycles. The highest BCUT2D eigenvalue weighted by Crippen LogP contribution is 2.21. The van der Waals surface area contributed by atoms with Gasteiger partial charge in [0, 0.05) is 5.71 Å². The molecular weight excluding hydrogens is 218 g/mol. The van der Waals surface area contributed by atoms with E-state index in [-0.39, 0.29) is 0 Å². The SMILES string of the molecule is COC(=O)c1ccccc1N=C(C)C(C)(C)O. The summed E-state index contributed by atoms with van der Waals surface area (Å²) in [6.07, 6.45) is 0. The van der Waals surface area contributed by atoms with Crippen LogP contribution in [0.15, 0.2) is 29.3 Å². The van der Waals surface area contributed by atoms with Crippen LogP contribution in [0.1, 0.15) is 31.1 Å². The van der Waals surface area contributed by atoms with Crippen LogP contribution in [0, 0.1) is 0 Å². The zero-order chi connectivity index (χ0) is 13.1. The lowest BCUT2D eigenvalue weighted by Gasteiger charge is -2.17. The van der Waals surface area contributed by atoms with Crippen molar-refractivity contribution in [3.8, 4) is 0 Å². The van der Waals surface area contributed by atoms with Gasteiger partial charge in [0.2, 0.25) is 0 Å². The van der Waals surface area contributed by atoms with Crippen molar-refractivity contribution in [3.63, 3.8) is 0 Å². The van der Waals surface area contributed by atoms with E-state index in [9.17, 15) is 9.90 Å². The van der Waals surface area contributed by atoms with Gasteiger partial charge in [-0.25, -0.2) is 4.79 Å². The van der Waals surface area contributed by atoms with E-state index in [2.05, 4.69) is 9.73 Å². The van der Waals surface area contributed by atoms with Crippen LogP contribution in [0.3, 0.4) is 0 Å². The molecule has 17 heavy (non-hydrogen) atoms. The zero-order valence-electron chi connectivity index (χ0n) is 10.5. The molecule has 0 radical (unpaired) electrons. The normalized spacial score (nSPS) is 12.4. The Bertz CT molecular complexity index is 444. The Kier molecular flexibility index (Phi) is 4.02. The highest BCUT2D eigenvalue weighted by molar-refractivity contribution is 5.98. The Balaban J connectivity index is 3.20. The first kappa shape index (κ1) is 13.4. The van der Waals surface area contributed by atoms with E-state index >= 15 is 0 Å². The molecule has 0 fully saturated rings. The third-order valence-corrected chi connectivity index (χ3v) is 2.48. The molecule has 92 valence electrons. The van der Waals surface area contributed by atoms with Crippen molar-refractivity contribution in [3.05, 3.63) is 29.8 Å². The Morgan fingerprint density at radius 2 is 1.94 bits per heavy atom. The van der Waals surface area contributed by atoms with Gasteiger partial charge in [-0.1, -0.05) is 12.1 Å². The van der Waals surface area contributed by atoms with Crippen LogP contribution in [0.25, 0.3) is 0 Å². The van der Waals surface area contributed by atoms with Crippen molar-refractivity contribution in [1.29, 1.82) is 0 Å². The smallest absolute Gasteiger partial charge is 0.340 e. The third kappa shape index (κ3) is 3.39. The molecule has 0 atom stereocenters. The highest BCUT2D eigenvalue weighted by Gasteiger charge is 2.18. The summed E-state index contributed by atoms with van der Waals surface area (Å²) in [5.41, 5.74) is 0.412. The monoisotopic (exact) mass is 235 g/mol. The Hall–Kier alpha value is -1.68. The van der Waals surface area contributed by atoms with Crippen LogP contribution < -0.4 is 0 Å². The molecule has 0 aliphatic rings. The Labute approximate surface area is 101 Å². The maximum atomic E-state index is 11.5. The van der Waals surface area contributed by atoms with Crippen LogP contribution in [-0.4, -0.2) is 29.5 Å². The standard InChI is InChI=1S/C13H17NO3/c1-9(13(2,3)16)14-11-8-6-5-7-10(11)12(15)17-4/h5-8,16H,1-4H3. The number of esters is 1. The molecule has 0 unspecified atom stereocenters. The van der Waals surface area contributed by atoms with E-state index in [0.717, 1.165) is 0 Å². The largest absolute Gasteiger partial charge is 0.465 e. The first-order chi connectivity index (χ1) is 7.86. The summed E-state index contributed by atoms with van der Waals surface area (Å²) < 4.78 is 4.67. The average molecular weight is 235 g/mol. The molecule has 0 amide bonds. The fourth-order valence-corrected chi connectivity index (χ4v) is 1.17. The summed E-state index contributed by atoms with van der Waals surface area (Å²) in [4.78, 5) is 15.8. The third-order valence-electron chi connectivity index (χ3n) is 2.48. The van der Waals surface area contributed by atoms with E-state index in [1.807, 2.05) is 0 Å². The van der Waals surface area contributed by atoms with Crippen LogP contribution in [0.5, 0.6) is 0 Å². The molecule has 0 heterocycles. The molecule has 4 heteroatoms. The van der Waals surface area contributed by atoms with Gasteiger partial charge in [-0.05, 0) is 32.9 Å². The molecular formula is C13H17NO3. The molecule has 1 aromatic rings. The van der Waals surface area contributed by atoms with Crippen LogP contribution in [0.2, 0.25) is 0 Å². The highest BCUT2D eigenvalue weighted by atomic mass is 16.5. The molecule has 0 bridgehead atoms. The fraction of sp³-hybridized carbons (Fsp3) is 0.385. The van der Waals surface area contributed by atoms with Crippen molar-refractivity contribution < 1.29 is 14.6 Å². The van der Waals surface area contributed by atoms with Gasteiger partial charge >= 0.3 is 5.97 Å². The second-order valence-corrected chi connectivity index (χ2v) is 4.26. The number of rotatable bonds is 3. The van der Waals surface area contributed by atoms with Crippen molar-refractivity contribution in [2.45, 2.75) is 26.4 Å². The Morgan fingerprint density at radius 3 is 2.47 bits per heavy atom. The molecule has 0 saturated carbocycles. The van der Waals surface area contributed by atoms with Crippen molar-refractivity contribution >= 4 is 17.4 Å². The van der Waals surface area contributed by atoms with E-state index in [4.69, 9.17) is 0 Å². The maximum Gasteiger partial charge on any atom is 0.340 e. The average Bonchev–Trinajstić information content (AvgIpc) is 2.27. The van der Waals surface area contributed by atoms with Gasteiger partial charge in [-0.15, -0.1) is 0 Å². The van der Waals surface area contributed by atoms with Crippen molar-refractivity contribution in [2.75, 3.05) is 7.11 Å². The number of methoxy groups -OCH3 is 1. The van der Waals surface area contributed by atoms with Crippen LogP contribution in [-0.2, 0) is 4.74 Å². The molecule has 0 spiro atoms. The van der Waals surface area contributed by atoms with E-state index < -0.39 is 11.6 Å². The van der Waals surface area contributed by atoms with Gasteiger partial charge in [-0.2, -0.15) is 0 Å². The number of aliphatic imine (C=N–C) groups is 1. The molecule has 1 N–H and O–H groups in total. The zero-order valence-corrected chi connectivity index (χ0v) is 10.5. The number of carbonyl (C=O) groups excluding carboxylic acids is 1. The van der Waals surface area contributed by atoms with Gasteiger partial charge in [0.05, 0.1) is 24.0 Å². The number of para-hydroxylation sites is 1. The van der Waals surface area contributed by atoms with Gasteiger partial charge < -0.3 is 9.84 Å². The summed E-state index contributed by atoms with van der Waals surface area (Å²) >= 11 is 0. The second kappa shape index (κ2) is 5.10. The minimum atomic E-state index is -1.01. The van der Waals surface area contributed by atoms with Crippen molar-refractivity contribution in [2.24, 2.45) is 4.99 Å². The lowest BCUT2D eigenvalue weighted by Crippen LogP contribution is -2.28. The summed E-state index contributed by atoms with van der Waals surface area (Å²) in [5.74, 6) is -0.437. The van der Waals surface area contributed by atoms with Gasteiger partial charge in [0.1, 0.15) is 0 Å². The number of benzene rings is 1. The van der Waals surface area contributed by atoms with Gasteiger partial charge in [0.25, 0.3) is 0 Å². The number of hydrogen-bond acceptors (Lipinski definition) is 4. The summed E-state index contributed by atoms with van der Waals surface area (Å²) in [6.45, 7) is 5.01. The number of hydrogen-bond donors (Lipinski definition) is 1. The quantitative estimate of drug-likeness (QED) is 0.646. The molecule has 1 rings (SSSR count). The minimum Gasteiger partial charge on any atom is -0.465 e. The molecule has 0 aromatic heterocycles. The number of aliphatic hydroxyl groups is 1. The molecule has 4 nitrogen and oxygen atoms in total. The van der Waals surface area contributed by atoms with E-state index in [1.165, 1.54) is 7.11 Å². The topological polar surface area (TPSA) is 58.9 Å². The first-order valence-corrected chi connectivity index (χ1v) is 5.31. The lowest BCUT2D eigenvalue weighted by molar-refractivity contribution is 0.0601. The Morgan fingerprint density at radius 1 is 1.35 bits per heavy atom. The summed E-state index contributed by atoms with van der Waals surface area (Å²) in [6, 6.07) is 6.87. The molecule has 0 saturated heterocycles. The fourth-order valence-electron chi connectivity index (χ4n) is 1.17. The second-order valence-electron chi connectivity index (χ2n) is 4.26. The van der Waals surface area contributed by atoms with Gasteiger partial charge in [-0.3, -0.25) is 4.99 Å². The summed E-state index contributed by atoms with van der Waals surface area (Å²) in [7, 11) is 1.33. The predicted molar refractivity (Wildman–Crippen MR) is 66.8 cm³/mol. The van der Waals surface area contributed by atoms with Crippen LogP contribution >= 0.6 is 0 Å². The first-order valence-electron chi connectivity index (χ1n) is 5.31. The maximum absolute atomic E-state index is 11.5. The number of ether oxygens (including phenoxy) is 1. The van der Waals surface area contributed by atoms with E-state index in [1.54, 1.807) is 45.0 Å². The van der Waals surface area contributed by atoms with Crippen molar-refractivity contribution in [1.82, 2.24) is 0 Å². The number of nitrogens with zero attached hydrogens (tertiary/aromatic N) is 1. The predicted octanol–water partition coefficient (Wildman–Crippen LogP) is 2.34.